The SMILES string of the molecule is O=C(CCCCCc1cccc(Cl)c1)CCCCCc1cccc(Cl)c1. The van der Waals surface area contributed by atoms with E-state index in [0.29, 0.717) is 5.78 Å². The van der Waals surface area contributed by atoms with Crippen LogP contribution in [0.5, 0.6) is 0 Å². The molecule has 0 amide bonds. The van der Waals surface area contributed by atoms with E-state index in [0.717, 1.165) is 74.3 Å². The summed E-state index contributed by atoms with van der Waals surface area (Å²) in [7, 11) is 0. The summed E-state index contributed by atoms with van der Waals surface area (Å²) in [6.45, 7) is 0. The molecule has 0 saturated heterocycles. The molecule has 0 aliphatic heterocycles. The van der Waals surface area contributed by atoms with Crippen molar-refractivity contribution in [1.29, 1.82) is 0 Å². The van der Waals surface area contributed by atoms with Crippen LogP contribution in [0.1, 0.15) is 62.5 Å². The maximum atomic E-state index is 12.0. The molecule has 0 atom stereocenters. The van der Waals surface area contributed by atoms with Crippen LogP contribution in [0.4, 0.5) is 0 Å². The molecule has 3 heteroatoms. The van der Waals surface area contributed by atoms with Crippen LogP contribution < -0.4 is 0 Å². The molecule has 2 aromatic carbocycles. The van der Waals surface area contributed by atoms with Gasteiger partial charge in [0.25, 0.3) is 0 Å². The summed E-state index contributed by atoms with van der Waals surface area (Å²) in [5.41, 5.74) is 2.56. The van der Waals surface area contributed by atoms with Crippen molar-refractivity contribution < 1.29 is 4.79 Å². The number of carbonyl (C=O) groups is 1. The van der Waals surface area contributed by atoms with Gasteiger partial charge in [0, 0.05) is 22.9 Å². The first-order valence-electron chi connectivity index (χ1n) is 9.64. The van der Waals surface area contributed by atoms with E-state index < -0.39 is 0 Å². The first-order chi connectivity index (χ1) is 12.6. The average Bonchev–Trinajstić information content (AvgIpc) is 2.61. The highest BCUT2D eigenvalue weighted by molar-refractivity contribution is 6.30. The third-order valence-electron chi connectivity index (χ3n) is 4.62. The van der Waals surface area contributed by atoms with Gasteiger partial charge in [-0.1, -0.05) is 60.3 Å². The normalized spacial score (nSPS) is 10.8. The zero-order chi connectivity index (χ0) is 18.6. The van der Waals surface area contributed by atoms with Gasteiger partial charge < -0.3 is 0 Å². The molecule has 0 heterocycles. The zero-order valence-corrected chi connectivity index (χ0v) is 16.9. The van der Waals surface area contributed by atoms with Crippen LogP contribution in [0.2, 0.25) is 10.0 Å². The molecular weight excluding hydrogens is 363 g/mol. The number of aryl methyl sites for hydroxylation is 2. The first-order valence-corrected chi connectivity index (χ1v) is 10.4. The summed E-state index contributed by atoms with van der Waals surface area (Å²) in [4.78, 5) is 12.0. The molecule has 0 radical (unpaired) electrons. The second-order valence-corrected chi connectivity index (χ2v) is 7.79. The number of unbranched alkanes of at least 4 members (excludes halogenated alkanes) is 4. The van der Waals surface area contributed by atoms with Gasteiger partial charge in [0.2, 0.25) is 0 Å². The van der Waals surface area contributed by atoms with Crippen LogP contribution in [0.25, 0.3) is 0 Å². The predicted molar refractivity (Wildman–Crippen MR) is 112 cm³/mol. The van der Waals surface area contributed by atoms with E-state index in [1.165, 1.54) is 11.1 Å². The van der Waals surface area contributed by atoms with Gasteiger partial charge in [-0.2, -0.15) is 0 Å². The molecule has 0 bridgehead atoms. The number of halogens is 2. The topological polar surface area (TPSA) is 17.1 Å². The summed E-state index contributed by atoms with van der Waals surface area (Å²) < 4.78 is 0. The molecule has 140 valence electrons. The van der Waals surface area contributed by atoms with E-state index >= 15 is 0 Å². The number of ketones is 1. The minimum atomic E-state index is 0.413. The van der Waals surface area contributed by atoms with E-state index in [-0.39, 0.29) is 0 Å². The maximum Gasteiger partial charge on any atom is 0.132 e. The first kappa shape index (κ1) is 21.0. The molecule has 0 aliphatic carbocycles. The lowest BCUT2D eigenvalue weighted by Crippen LogP contribution is -1.98. The van der Waals surface area contributed by atoms with E-state index in [4.69, 9.17) is 23.2 Å². The molecule has 0 aliphatic rings. The van der Waals surface area contributed by atoms with Gasteiger partial charge in [-0.3, -0.25) is 4.79 Å². The Hall–Kier alpha value is -1.31. The minimum Gasteiger partial charge on any atom is -0.300 e. The van der Waals surface area contributed by atoms with E-state index in [9.17, 15) is 4.79 Å². The van der Waals surface area contributed by atoms with E-state index in [1.54, 1.807) is 0 Å². The molecule has 2 aromatic rings. The maximum absolute atomic E-state index is 12.0. The minimum absolute atomic E-state index is 0.413. The molecule has 0 unspecified atom stereocenters. The van der Waals surface area contributed by atoms with Crippen molar-refractivity contribution in [3.05, 3.63) is 69.7 Å². The highest BCUT2D eigenvalue weighted by atomic mass is 35.5. The van der Waals surface area contributed by atoms with Gasteiger partial charge in [0.15, 0.2) is 0 Å². The van der Waals surface area contributed by atoms with Crippen molar-refractivity contribution in [1.82, 2.24) is 0 Å². The van der Waals surface area contributed by atoms with Crippen LogP contribution in [0, 0.1) is 0 Å². The van der Waals surface area contributed by atoms with Crippen LogP contribution in [-0.2, 0) is 17.6 Å². The zero-order valence-electron chi connectivity index (χ0n) is 15.4. The molecule has 1 nitrogen and oxygen atoms in total. The summed E-state index contributed by atoms with van der Waals surface area (Å²) in [6.07, 6.45) is 9.98. The van der Waals surface area contributed by atoms with Gasteiger partial charge in [0.05, 0.1) is 0 Å². The van der Waals surface area contributed by atoms with Crippen molar-refractivity contribution in [2.24, 2.45) is 0 Å². The fourth-order valence-corrected chi connectivity index (χ4v) is 3.59. The number of rotatable bonds is 12. The lowest BCUT2D eigenvalue weighted by atomic mass is 10.0. The number of benzene rings is 2. The average molecular weight is 391 g/mol. The molecule has 0 N–H and O–H groups in total. The lowest BCUT2D eigenvalue weighted by molar-refractivity contribution is -0.119. The summed E-state index contributed by atoms with van der Waals surface area (Å²) in [5, 5.41) is 1.60. The summed E-state index contributed by atoms with van der Waals surface area (Å²) in [5.74, 6) is 0.413. The molecule has 26 heavy (non-hydrogen) atoms. The Bertz CT molecular complexity index is 624. The molecule has 0 fully saturated rings. The highest BCUT2D eigenvalue weighted by Crippen LogP contribution is 2.16. The number of carbonyl (C=O) groups excluding carboxylic acids is 1. The lowest BCUT2D eigenvalue weighted by Gasteiger charge is -2.04. The Morgan fingerprint density at radius 1 is 0.654 bits per heavy atom. The van der Waals surface area contributed by atoms with Gasteiger partial charge >= 0.3 is 0 Å². The number of hydrogen-bond acceptors (Lipinski definition) is 1. The smallest absolute Gasteiger partial charge is 0.132 e. The van der Waals surface area contributed by atoms with Crippen molar-refractivity contribution in [3.8, 4) is 0 Å². The second-order valence-electron chi connectivity index (χ2n) is 6.92. The highest BCUT2D eigenvalue weighted by Gasteiger charge is 2.03. The predicted octanol–water partition coefficient (Wildman–Crippen LogP) is 7.47. The van der Waals surface area contributed by atoms with E-state index in [1.807, 2.05) is 36.4 Å². The van der Waals surface area contributed by atoms with Crippen molar-refractivity contribution >= 4 is 29.0 Å². The van der Waals surface area contributed by atoms with E-state index in [2.05, 4.69) is 12.1 Å². The number of Topliss-reactive ketones (excluding diaryl/α,β-unsaturated/α-hetero) is 1. The molecular formula is C23H28Cl2O. The van der Waals surface area contributed by atoms with Gasteiger partial charge in [-0.15, -0.1) is 0 Å². The molecule has 0 spiro atoms. The van der Waals surface area contributed by atoms with Gasteiger partial charge in [0.1, 0.15) is 5.78 Å². The Morgan fingerprint density at radius 2 is 1.12 bits per heavy atom. The van der Waals surface area contributed by atoms with Crippen molar-refractivity contribution in [2.45, 2.75) is 64.2 Å². The van der Waals surface area contributed by atoms with Crippen LogP contribution in [0.15, 0.2) is 48.5 Å². The molecule has 0 saturated carbocycles. The van der Waals surface area contributed by atoms with Gasteiger partial charge in [-0.05, 0) is 73.9 Å². The Labute approximate surface area is 167 Å². The molecule has 2 rings (SSSR count). The summed E-state index contributed by atoms with van der Waals surface area (Å²) >= 11 is 12.0. The standard InChI is InChI=1S/C23H28Cl2O/c24-21-13-7-11-19(17-21)9-3-1-5-15-23(26)16-6-2-4-10-20-12-8-14-22(25)18-20/h7-8,11-14,17-18H,1-6,9-10,15-16H2. The number of hydrogen-bond donors (Lipinski definition) is 0. The Kier molecular flexibility index (Phi) is 9.81. The van der Waals surface area contributed by atoms with Crippen LogP contribution >= 0.6 is 23.2 Å². The quantitative estimate of drug-likeness (QED) is 0.343. The third-order valence-corrected chi connectivity index (χ3v) is 5.09. The fourth-order valence-electron chi connectivity index (χ4n) is 3.17. The Morgan fingerprint density at radius 3 is 1.54 bits per heavy atom. The fraction of sp³-hybridized carbons (Fsp3) is 0.435. The van der Waals surface area contributed by atoms with Crippen molar-refractivity contribution in [2.75, 3.05) is 0 Å². The Balaban J connectivity index is 1.46. The van der Waals surface area contributed by atoms with Crippen LogP contribution in [0.3, 0.4) is 0 Å². The summed E-state index contributed by atoms with van der Waals surface area (Å²) in [6, 6.07) is 16.1. The molecule has 0 aromatic heterocycles. The van der Waals surface area contributed by atoms with Crippen molar-refractivity contribution in [3.63, 3.8) is 0 Å². The second kappa shape index (κ2) is 12.1. The third kappa shape index (κ3) is 8.87. The largest absolute Gasteiger partial charge is 0.300 e. The van der Waals surface area contributed by atoms with Crippen LogP contribution in [-0.4, -0.2) is 5.78 Å². The van der Waals surface area contributed by atoms with Gasteiger partial charge in [-0.25, -0.2) is 0 Å². The monoisotopic (exact) mass is 390 g/mol.